The van der Waals surface area contributed by atoms with Crippen LogP contribution < -0.4 is 0 Å². The molecule has 0 aliphatic carbocycles. The predicted molar refractivity (Wildman–Crippen MR) is 115 cm³/mol. The summed E-state index contributed by atoms with van der Waals surface area (Å²) in [5, 5.41) is 21.5. The molecule has 148 valence electrons. The van der Waals surface area contributed by atoms with E-state index in [1.807, 2.05) is 0 Å². The van der Waals surface area contributed by atoms with E-state index in [0.717, 1.165) is 41.5 Å². The summed E-state index contributed by atoms with van der Waals surface area (Å²) in [6.45, 7) is 16.9. The summed E-state index contributed by atoms with van der Waals surface area (Å²) < 4.78 is 0. The van der Waals surface area contributed by atoms with E-state index in [0.29, 0.717) is 11.5 Å². The molecule has 2 nitrogen and oxygen atoms in total. The molecule has 0 bridgehead atoms. The van der Waals surface area contributed by atoms with Crippen LogP contribution in [0.3, 0.4) is 0 Å². The van der Waals surface area contributed by atoms with Crippen LogP contribution in [0.15, 0.2) is 24.3 Å². The molecule has 0 aliphatic rings. The Morgan fingerprint density at radius 1 is 0.630 bits per heavy atom. The number of aromatic hydroxyl groups is 2. The molecule has 0 aliphatic heterocycles. The highest BCUT2D eigenvalue weighted by Gasteiger charge is 2.22. The second-order valence-electron chi connectivity index (χ2n) is 9.99. The van der Waals surface area contributed by atoms with Gasteiger partial charge in [0.05, 0.1) is 0 Å². The minimum atomic E-state index is -0.0821. The standard InChI is InChI=1S/C25H36O2/c1-16-12-18(22(26)20(14-16)24(3,4)5)10-9-11-19-13-17(2)15-21(23(19)27)25(6,7)8/h12-15,26-27H,9-11H2,1-8H3. The van der Waals surface area contributed by atoms with Crippen LogP contribution in [0.25, 0.3) is 0 Å². The van der Waals surface area contributed by atoms with E-state index < -0.39 is 0 Å². The molecule has 0 fully saturated rings. The Kier molecular flexibility index (Phi) is 5.99. The molecule has 0 saturated heterocycles. The topological polar surface area (TPSA) is 40.5 Å². The molecule has 0 radical (unpaired) electrons. The first-order chi connectivity index (χ1) is 12.3. The first-order valence-corrected chi connectivity index (χ1v) is 9.96. The average molecular weight is 369 g/mol. The lowest BCUT2D eigenvalue weighted by molar-refractivity contribution is 0.436. The van der Waals surface area contributed by atoms with E-state index in [9.17, 15) is 10.2 Å². The third-order valence-electron chi connectivity index (χ3n) is 5.17. The molecule has 0 heterocycles. The number of rotatable bonds is 4. The van der Waals surface area contributed by atoms with Crippen LogP contribution in [0.4, 0.5) is 0 Å². The van der Waals surface area contributed by atoms with Crippen molar-refractivity contribution in [1.82, 2.24) is 0 Å². The zero-order valence-electron chi connectivity index (χ0n) is 18.3. The minimum Gasteiger partial charge on any atom is -0.507 e. The smallest absolute Gasteiger partial charge is 0.122 e. The first-order valence-electron chi connectivity index (χ1n) is 9.96. The molecule has 0 amide bonds. The fraction of sp³-hybridized carbons (Fsp3) is 0.520. The maximum absolute atomic E-state index is 10.7. The van der Waals surface area contributed by atoms with Gasteiger partial charge in [-0.1, -0.05) is 76.9 Å². The zero-order chi connectivity index (χ0) is 20.6. The van der Waals surface area contributed by atoms with Crippen LogP contribution in [-0.4, -0.2) is 10.2 Å². The normalized spacial score (nSPS) is 12.4. The first kappa shape index (κ1) is 21.3. The van der Waals surface area contributed by atoms with Crippen LogP contribution in [0.5, 0.6) is 11.5 Å². The summed E-state index contributed by atoms with van der Waals surface area (Å²) in [5.74, 6) is 0.855. The maximum atomic E-state index is 10.7. The van der Waals surface area contributed by atoms with Crippen molar-refractivity contribution in [3.05, 3.63) is 57.6 Å². The Balaban J connectivity index is 2.23. The molecule has 2 N–H and O–H groups in total. The van der Waals surface area contributed by atoms with Crippen molar-refractivity contribution in [1.29, 1.82) is 0 Å². The summed E-state index contributed by atoms with van der Waals surface area (Å²) >= 11 is 0. The second kappa shape index (κ2) is 7.58. The van der Waals surface area contributed by atoms with Gasteiger partial charge in [0.15, 0.2) is 0 Å². The van der Waals surface area contributed by atoms with E-state index in [4.69, 9.17) is 0 Å². The molecule has 0 saturated carbocycles. The number of hydrogen-bond acceptors (Lipinski definition) is 2. The highest BCUT2D eigenvalue weighted by molar-refractivity contribution is 5.48. The summed E-state index contributed by atoms with van der Waals surface area (Å²) in [4.78, 5) is 0. The predicted octanol–water partition coefficient (Wildman–Crippen LogP) is 6.48. The monoisotopic (exact) mass is 368 g/mol. The summed E-state index contributed by atoms with van der Waals surface area (Å²) in [6, 6.07) is 8.34. The van der Waals surface area contributed by atoms with Crippen molar-refractivity contribution in [2.45, 2.75) is 85.5 Å². The van der Waals surface area contributed by atoms with Gasteiger partial charge >= 0.3 is 0 Å². The molecule has 0 aromatic heterocycles. The van der Waals surface area contributed by atoms with Crippen molar-refractivity contribution in [3.8, 4) is 11.5 Å². The van der Waals surface area contributed by atoms with Gasteiger partial charge in [0.25, 0.3) is 0 Å². The number of hydrogen-bond donors (Lipinski definition) is 2. The lowest BCUT2D eigenvalue weighted by Gasteiger charge is -2.24. The minimum absolute atomic E-state index is 0.0821. The molecule has 2 aromatic rings. The Bertz CT molecular complexity index is 748. The van der Waals surface area contributed by atoms with Gasteiger partial charge in [-0.05, 0) is 66.2 Å². The van der Waals surface area contributed by atoms with Gasteiger partial charge in [0.1, 0.15) is 11.5 Å². The van der Waals surface area contributed by atoms with Crippen molar-refractivity contribution >= 4 is 0 Å². The largest absolute Gasteiger partial charge is 0.507 e. The molecule has 27 heavy (non-hydrogen) atoms. The van der Waals surface area contributed by atoms with Crippen LogP contribution in [-0.2, 0) is 23.7 Å². The van der Waals surface area contributed by atoms with Gasteiger partial charge in [-0.25, -0.2) is 0 Å². The number of benzene rings is 2. The van der Waals surface area contributed by atoms with E-state index >= 15 is 0 Å². The maximum Gasteiger partial charge on any atom is 0.122 e. The number of phenols is 2. The van der Waals surface area contributed by atoms with Crippen molar-refractivity contribution in [3.63, 3.8) is 0 Å². The van der Waals surface area contributed by atoms with Gasteiger partial charge in [-0.2, -0.15) is 0 Å². The third-order valence-corrected chi connectivity index (χ3v) is 5.17. The SMILES string of the molecule is Cc1cc(CCCc2cc(C)cc(C(C)(C)C)c2O)c(O)c(C(C)(C)C)c1. The van der Waals surface area contributed by atoms with Crippen LogP contribution >= 0.6 is 0 Å². The summed E-state index contributed by atoms with van der Waals surface area (Å²) in [6.07, 6.45) is 2.49. The lowest BCUT2D eigenvalue weighted by Crippen LogP contribution is -2.13. The highest BCUT2D eigenvalue weighted by atomic mass is 16.3. The molecule has 0 spiro atoms. The van der Waals surface area contributed by atoms with Gasteiger partial charge in [0, 0.05) is 0 Å². The Hall–Kier alpha value is -1.96. The van der Waals surface area contributed by atoms with E-state index in [-0.39, 0.29) is 10.8 Å². The van der Waals surface area contributed by atoms with Crippen molar-refractivity contribution in [2.75, 3.05) is 0 Å². The average Bonchev–Trinajstić information content (AvgIpc) is 2.51. The Morgan fingerprint density at radius 3 is 1.26 bits per heavy atom. The van der Waals surface area contributed by atoms with E-state index in [2.05, 4.69) is 79.7 Å². The van der Waals surface area contributed by atoms with Gasteiger partial charge in [-0.3, -0.25) is 0 Å². The molecule has 0 atom stereocenters. The third kappa shape index (κ3) is 5.06. The van der Waals surface area contributed by atoms with Crippen molar-refractivity contribution in [2.24, 2.45) is 0 Å². The fourth-order valence-corrected chi connectivity index (χ4v) is 3.70. The second-order valence-corrected chi connectivity index (χ2v) is 9.99. The summed E-state index contributed by atoms with van der Waals surface area (Å²) in [5.41, 5.74) is 6.22. The van der Waals surface area contributed by atoms with Crippen LogP contribution in [0.2, 0.25) is 0 Å². The molecule has 2 heteroatoms. The molecule has 2 aromatic carbocycles. The van der Waals surface area contributed by atoms with E-state index in [1.54, 1.807) is 0 Å². The van der Waals surface area contributed by atoms with E-state index in [1.165, 1.54) is 11.1 Å². The zero-order valence-corrected chi connectivity index (χ0v) is 18.3. The van der Waals surface area contributed by atoms with Crippen molar-refractivity contribution < 1.29 is 10.2 Å². The Morgan fingerprint density at radius 2 is 0.963 bits per heavy atom. The summed E-state index contributed by atoms with van der Waals surface area (Å²) in [7, 11) is 0. The Labute approximate surface area is 165 Å². The number of aryl methyl sites for hydroxylation is 4. The molecular weight excluding hydrogens is 332 g/mol. The molecule has 0 unspecified atom stereocenters. The lowest BCUT2D eigenvalue weighted by atomic mass is 9.82. The molecular formula is C25H36O2. The van der Waals surface area contributed by atoms with Crippen LogP contribution in [0.1, 0.15) is 81.3 Å². The van der Waals surface area contributed by atoms with Gasteiger partial charge < -0.3 is 10.2 Å². The quantitative estimate of drug-likeness (QED) is 0.648. The van der Waals surface area contributed by atoms with Gasteiger partial charge in [0.2, 0.25) is 0 Å². The fourth-order valence-electron chi connectivity index (χ4n) is 3.70. The highest BCUT2D eigenvalue weighted by Crippen LogP contribution is 2.37. The number of phenolic OH excluding ortho intramolecular Hbond substituents is 2. The van der Waals surface area contributed by atoms with Gasteiger partial charge in [-0.15, -0.1) is 0 Å². The van der Waals surface area contributed by atoms with Crippen LogP contribution in [0, 0.1) is 13.8 Å². The molecule has 2 rings (SSSR count).